The highest BCUT2D eigenvalue weighted by Crippen LogP contribution is 2.37. The second-order valence-electron chi connectivity index (χ2n) is 7.24. The number of phenolic OH excluding ortho intramolecular Hbond substituents is 1. The summed E-state index contributed by atoms with van der Waals surface area (Å²) in [5, 5.41) is 13.3. The Hall–Kier alpha value is -2.04. The molecule has 2 N–H and O–H groups in total. The molecule has 0 saturated carbocycles. The summed E-state index contributed by atoms with van der Waals surface area (Å²) < 4.78 is 6.45. The van der Waals surface area contributed by atoms with Crippen molar-refractivity contribution in [1.29, 1.82) is 0 Å². The molecule has 0 bridgehead atoms. The average molecular weight is 357 g/mol. The van der Waals surface area contributed by atoms with Gasteiger partial charge in [-0.1, -0.05) is 17.7 Å². The van der Waals surface area contributed by atoms with Gasteiger partial charge in [0.25, 0.3) is 0 Å². The normalized spacial score (nSPS) is 16.6. The molecule has 2 aliphatic rings. The Morgan fingerprint density at radius 2 is 2.00 bits per heavy atom. The van der Waals surface area contributed by atoms with Crippen LogP contribution in [0.1, 0.15) is 25.0 Å². The molecule has 1 fully saturated rings. The molecule has 0 aromatic heterocycles. The summed E-state index contributed by atoms with van der Waals surface area (Å²) in [5.74, 6) is 1.44. The number of aliphatic imine (C=N–C) groups is 1. The molecule has 0 unspecified atom stereocenters. The van der Waals surface area contributed by atoms with E-state index in [1.807, 2.05) is 18.3 Å². The molecule has 2 aromatic rings. The molecule has 2 aliphatic heterocycles. The molecule has 5 heteroatoms. The lowest BCUT2D eigenvalue weighted by molar-refractivity contribution is 0.0180. The van der Waals surface area contributed by atoms with E-state index in [9.17, 15) is 5.11 Å². The highest BCUT2D eigenvalue weighted by atomic mass is 35.5. The zero-order valence-corrected chi connectivity index (χ0v) is 15.1. The van der Waals surface area contributed by atoms with Crippen LogP contribution < -0.4 is 10.1 Å². The van der Waals surface area contributed by atoms with Crippen molar-refractivity contribution < 1.29 is 9.84 Å². The first kappa shape index (κ1) is 16.4. The molecule has 0 amide bonds. The van der Waals surface area contributed by atoms with Crippen LogP contribution >= 0.6 is 11.6 Å². The number of phenols is 1. The van der Waals surface area contributed by atoms with Crippen molar-refractivity contribution >= 4 is 17.8 Å². The Labute approximate surface area is 152 Å². The van der Waals surface area contributed by atoms with E-state index in [4.69, 9.17) is 16.3 Å². The third-order valence-corrected chi connectivity index (χ3v) is 5.43. The second kappa shape index (κ2) is 6.04. The van der Waals surface area contributed by atoms with Crippen molar-refractivity contribution in [1.82, 2.24) is 5.32 Å². The van der Waals surface area contributed by atoms with Gasteiger partial charge in [0.15, 0.2) is 0 Å². The Morgan fingerprint density at radius 1 is 1.20 bits per heavy atom. The van der Waals surface area contributed by atoms with Gasteiger partial charge in [-0.05, 0) is 54.8 Å². The zero-order chi connectivity index (χ0) is 17.6. The standard InChI is InChI=1S/C20H21ClN2O2/c1-20(2,15-9-23-10-15)25-19-7-13(5-14-8-22-11-16(14)19)12-3-4-18(24)17(21)6-12/h3-7,11,15,23-24H,8-10H2,1-2H3. The molecule has 0 aliphatic carbocycles. The predicted molar refractivity (Wildman–Crippen MR) is 101 cm³/mol. The molecule has 130 valence electrons. The molecule has 0 atom stereocenters. The molecule has 4 rings (SSSR count). The summed E-state index contributed by atoms with van der Waals surface area (Å²) in [7, 11) is 0. The van der Waals surface area contributed by atoms with Crippen molar-refractivity contribution in [2.24, 2.45) is 10.9 Å². The van der Waals surface area contributed by atoms with E-state index in [0.29, 0.717) is 17.5 Å². The topological polar surface area (TPSA) is 53.9 Å². The first-order valence-electron chi connectivity index (χ1n) is 8.49. The number of hydrogen-bond donors (Lipinski definition) is 2. The van der Waals surface area contributed by atoms with Gasteiger partial charge in [-0.3, -0.25) is 4.99 Å². The van der Waals surface area contributed by atoms with E-state index in [2.05, 4.69) is 30.2 Å². The van der Waals surface area contributed by atoms with Gasteiger partial charge in [0.1, 0.15) is 17.1 Å². The van der Waals surface area contributed by atoms with E-state index in [1.165, 1.54) is 0 Å². The molecular weight excluding hydrogens is 336 g/mol. The van der Waals surface area contributed by atoms with Crippen LogP contribution in [0.4, 0.5) is 0 Å². The fourth-order valence-corrected chi connectivity index (χ4v) is 3.46. The Bertz CT molecular complexity index is 857. The van der Waals surface area contributed by atoms with Gasteiger partial charge in [0.05, 0.1) is 11.6 Å². The summed E-state index contributed by atoms with van der Waals surface area (Å²) in [5.41, 5.74) is 3.93. The molecule has 2 heterocycles. The molecule has 4 nitrogen and oxygen atoms in total. The largest absolute Gasteiger partial charge is 0.506 e. The van der Waals surface area contributed by atoms with Crippen LogP contribution in [-0.2, 0) is 6.54 Å². The second-order valence-corrected chi connectivity index (χ2v) is 7.65. The van der Waals surface area contributed by atoms with E-state index in [1.54, 1.807) is 12.1 Å². The van der Waals surface area contributed by atoms with E-state index in [0.717, 1.165) is 41.1 Å². The number of benzene rings is 2. The maximum atomic E-state index is 9.67. The number of rotatable bonds is 4. The smallest absolute Gasteiger partial charge is 0.134 e. The Morgan fingerprint density at radius 3 is 2.68 bits per heavy atom. The van der Waals surface area contributed by atoms with Gasteiger partial charge < -0.3 is 15.2 Å². The lowest BCUT2D eigenvalue weighted by Gasteiger charge is -2.41. The van der Waals surface area contributed by atoms with E-state index in [-0.39, 0.29) is 11.4 Å². The van der Waals surface area contributed by atoms with Gasteiger partial charge in [-0.15, -0.1) is 0 Å². The Kier molecular flexibility index (Phi) is 3.97. The quantitative estimate of drug-likeness (QED) is 0.869. The SMILES string of the molecule is CC(C)(Oc1cc(-c2ccc(O)c(Cl)c2)cc2c1C=NC2)C1CNC1. The molecule has 0 radical (unpaired) electrons. The van der Waals surface area contributed by atoms with Crippen LogP contribution in [0.5, 0.6) is 11.5 Å². The minimum Gasteiger partial charge on any atom is -0.506 e. The van der Waals surface area contributed by atoms with Crippen LogP contribution in [0.25, 0.3) is 11.1 Å². The maximum Gasteiger partial charge on any atom is 0.134 e. The minimum absolute atomic E-state index is 0.0880. The van der Waals surface area contributed by atoms with Crippen LogP contribution in [0.3, 0.4) is 0 Å². The molecule has 0 spiro atoms. The number of fused-ring (bicyclic) bond motifs is 1. The number of halogens is 1. The molecular formula is C20H21ClN2O2. The van der Waals surface area contributed by atoms with Gasteiger partial charge >= 0.3 is 0 Å². The summed E-state index contributed by atoms with van der Waals surface area (Å²) in [6, 6.07) is 9.43. The zero-order valence-electron chi connectivity index (χ0n) is 14.3. The van der Waals surface area contributed by atoms with Crippen molar-refractivity contribution in [2.45, 2.75) is 26.0 Å². The fourth-order valence-electron chi connectivity index (χ4n) is 3.28. The summed E-state index contributed by atoms with van der Waals surface area (Å²) in [4.78, 5) is 4.40. The lowest BCUT2D eigenvalue weighted by atomic mass is 9.85. The van der Waals surface area contributed by atoms with E-state index >= 15 is 0 Å². The number of aromatic hydroxyl groups is 1. The molecule has 25 heavy (non-hydrogen) atoms. The van der Waals surface area contributed by atoms with Gasteiger partial charge in [-0.25, -0.2) is 0 Å². The summed E-state index contributed by atoms with van der Waals surface area (Å²) in [6.45, 7) is 6.91. The lowest BCUT2D eigenvalue weighted by Crippen LogP contribution is -2.55. The summed E-state index contributed by atoms with van der Waals surface area (Å²) >= 11 is 6.08. The van der Waals surface area contributed by atoms with Crippen LogP contribution in [0, 0.1) is 5.92 Å². The summed E-state index contributed by atoms with van der Waals surface area (Å²) in [6.07, 6.45) is 1.90. The number of nitrogens with one attached hydrogen (secondary N) is 1. The van der Waals surface area contributed by atoms with Crippen LogP contribution in [0.15, 0.2) is 35.3 Å². The minimum atomic E-state index is -0.249. The first-order valence-corrected chi connectivity index (χ1v) is 8.87. The van der Waals surface area contributed by atoms with Crippen molar-refractivity contribution in [3.63, 3.8) is 0 Å². The van der Waals surface area contributed by atoms with Gasteiger partial charge in [0, 0.05) is 30.8 Å². The van der Waals surface area contributed by atoms with Gasteiger partial charge in [-0.2, -0.15) is 0 Å². The monoisotopic (exact) mass is 356 g/mol. The van der Waals surface area contributed by atoms with Crippen molar-refractivity contribution in [2.75, 3.05) is 13.1 Å². The number of hydrogen-bond acceptors (Lipinski definition) is 4. The maximum absolute atomic E-state index is 9.67. The fraction of sp³-hybridized carbons (Fsp3) is 0.350. The van der Waals surface area contributed by atoms with Crippen molar-refractivity contribution in [3.05, 3.63) is 46.5 Å². The number of nitrogens with zero attached hydrogens (tertiary/aromatic N) is 1. The third kappa shape index (κ3) is 3.00. The Balaban J connectivity index is 1.74. The average Bonchev–Trinajstić information content (AvgIpc) is 2.96. The first-order chi connectivity index (χ1) is 11.9. The third-order valence-electron chi connectivity index (χ3n) is 5.13. The number of ether oxygens (including phenoxy) is 1. The van der Waals surface area contributed by atoms with Crippen LogP contribution in [0.2, 0.25) is 5.02 Å². The van der Waals surface area contributed by atoms with Gasteiger partial charge in [0.2, 0.25) is 0 Å². The van der Waals surface area contributed by atoms with Crippen LogP contribution in [-0.4, -0.2) is 30.0 Å². The highest BCUT2D eigenvalue weighted by molar-refractivity contribution is 6.32. The highest BCUT2D eigenvalue weighted by Gasteiger charge is 2.36. The molecule has 1 saturated heterocycles. The molecule has 2 aromatic carbocycles. The van der Waals surface area contributed by atoms with E-state index < -0.39 is 0 Å². The van der Waals surface area contributed by atoms with Crippen molar-refractivity contribution in [3.8, 4) is 22.6 Å². The predicted octanol–water partition coefficient (Wildman–Crippen LogP) is 4.02.